The van der Waals surface area contributed by atoms with E-state index in [-0.39, 0.29) is 18.8 Å². The highest BCUT2D eigenvalue weighted by Gasteiger charge is 2.51. The number of esters is 1. The Hall–Kier alpha value is -4.69. The van der Waals surface area contributed by atoms with Crippen LogP contribution in [-0.2, 0) is 33.6 Å². The highest BCUT2D eigenvalue weighted by Crippen LogP contribution is 2.64. The molecule has 5 aromatic rings. The lowest BCUT2D eigenvalue weighted by molar-refractivity contribution is -0.0625. The van der Waals surface area contributed by atoms with Crippen molar-refractivity contribution in [3.8, 4) is 5.75 Å². The van der Waals surface area contributed by atoms with E-state index in [0.717, 1.165) is 27.6 Å². The van der Waals surface area contributed by atoms with Gasteiger partial charge in [-0.3, -0.25) is 28.0 Å². The molecule has 5 N–H and O–H groups in total. The summed E-state index contributed by atoms with van der Waals surface area (Å²) in [6, 6.07) is 16.3. The van der Waals surface area contributed by atoms with Crippen LogP contribution in [0, 0.1) is 6.92 Å². The molecule has 5 heterocycles. The summed E-state index contributed by atoms with van der Waals surface area (Å²) in [6.45, 7) is -3.36. The van der Waals surface area contributed by atoms with Gasteiger partial charge in [0.15, 0.2) is 11.9 Å². The SMILES string of the molecule is CO[C@H]1C(OP(=O)(OC[C@H]2O[C@@H](n3cnc4c(N)ccnc43)CC2O)SCc2ccc(OC(=O)c3ccc(C)cc3)cc2)[C@@H](CO)O[C@H]1n1ccc(=O)[nH]c1=O. The first kappa shape index (κ1) is 39.5. The van der Waals surface area contributed by atoms with Crippen LogP contribution in [0.1, 0.15) is 40.4 Å². The maximum Gasteiger partial charge on any atom is 0.389 e. The first-order chi connectivity index (χ1) is 26.9. The van der Waals surface area contributed by atoms with Crippen LogP contribution in [-0.4, -0.2) is 91.1 Å². The number of H-pyrrole nitrogens is 1. The highest BCUT2D eigenvalue weighted by molar-refractivity contribution is 8.54. The number of imidazole rings is 1. The van der Waals surface area contributed by atoms with Crippen molar-refractivity contribution in [2.75, 3.05) is 26.1 Å². The normalized spacial score (nSPS) is 24.7. The third kappa shape index (κ3) is 8.51. The number of hydrogen-bond acceptors (Lipinski definition) is 16. The van der Waals surface area contributed by atoms with E-state index in [4.69, 9.17) is 33.7 Å². The monoisotopic (exact) mass is 810 g/mol. The molecule has 0 spiro atoms. The number of carbonyl (C=O) groups is 1. The number of methoxy groups -OCH3 is 1. The van der Waals surface area contributed by atoms with Gasteiger partial charge in [0, 0.05) is 37.7 Å². The van der Waals surface area contributed by atoms with Crippen molar-refractivity contribution in [3.05, 3.63) is 117 Å². The number of nitrogens with one attached hydrogen (secondary N) is 1. The van der Waals surface area contributed by atoms with Crippen molar-refractivity contribution in [1.82, 2.24) is 24.1 Å². The van der Waals surface area contributed by atoms with E-state index in [1.165, 1.54) is 25.8 Å². The van der Waals surface area contributed by atoms with E-state index in [0.29, 0.717) is 33.7 Å². The number of aromatic amines is 1. The van der Waals surface area contributed by atoms with Crippen LogP contribution in [0.25, 0.3) is 11.2 Å². The van der Waals surface area contributed by atoms with Crippen LogP contribution < -0.4 is 21.7 Å². The van der Waals surface area contributed by atoms with Gasteiger partial charge in [-0.25, -0.2) is 24.1 Å². The minimum Gasteiger partial charge on any atom is -0.423 e. The maximum absolute atomic E-state index is 14.8. The third-order valence-corrected chi connectivity index (χ3v) is 13.0. The van der Waals surface area contributed by atoms with E-state index < -0.39 is 73.6 Å². The number of hydrogen-bond donors (Lipinski definition) is 4. The molecule has 7 rings (SSSR count). The van der Waals surface area contributed by atoms with Crippen LogP contribution in [0.15, 0.2) is 89.0 Å². The van der Waals surface area contributed by atoms with E-state index in [1.807, 2.05) is 19.1 Å². The number of pyridine rings is 1. The number of rotatable bonds is 14. The number of aliphatic hydroxyl groups is 2. The first-order valence-corrected chi connectivity index (χ1v) is 20.5. The van der Waals surface area contributed by atoms with Gasteiger partial charge in [-0.2, -0.15) is 0 Å². The number of ether oxygens (including phenoxy) is 4. The Bertz CT molecular complexity index is 2340. The average Bonchev–Trinajstić information content (AvgIpc) is 3.89. The van der Waals surface area contributed by atoms with Crippen LogP contribution in [0.5, 0.6) is 5.75 Å². The molecule has 2 saturated heterocycles. The van der Waals surface area contributed by atoms with Gasteiger partial charge in [-0.05, 0) is 54.2 Å². The van der Waals surface area contributed by atoms with Gasteiger partial charge in [-0.15, -0.1) is 0 Å². The minimum absolute atomic E-state index is 0.0755. The molecule has 3 aromatic heterocycles. The van der Waals surface area contributed by atoms with Gasteiger partial charge in [0.2, 0.25) is 0 Å². The van der Waals surface area contributed by atoms with Gasteiger partial charge in [0.25, 0.3) is 5.56 Å². The second kappa shape index (κ2) is 16.8. The van der Waals surface area contributed by atoms with Gasteiger partial charge in [0.05, 0.1) is 36.9 Å². The molecule has 2 aliphatic heterocycles. The number of nitrogen functional groups attached to an aromatic ring is 1. The van der Waals surface area contributed by atoms with E-state index in [2.05, 4.69) is 15.0 Å². The minimum atomic E-state index is -4.28. The molecule has 0 radical (unpaired) electrons. The molecule has 8 atom stereocenters. The fourth-order valence-corrected chi connectivity index (χ4v) is 9.75. The van der Waals surface area contributed by atoms with Crippen molar-refractivity contribution in [1.29, 1.82) is 0 Å². The van der Waals surface area contributed by atoms with Crippen LogP contribution in [0.3, 0.4) is 0 Å². The molecule has 18 nitrogen and oxygen atoms in total. The topological polar surface area (TPSA) is 242 Å². The van der Waals surface area contributed by atoms with Crippen molar-refractivity contribution in [2.24, 2.45) is 0 Å². The number of nitrogens with zero attached hydrogens (tertiary/aromatic N) is 4. The predicted octanol–water partition coefficient (Wildman–Crippen LogP) is 3.09. The fourth-order valence-electron chi connectivity index (χ4n) is 6.36. The molecule has 2 aliphatic rings. The molecular formula is C36H39N6O12PS. The second-order valence-electron chi connectivity index (χ2n) is 13.1. The predicted molar refractivity (Wildman–Crippen MR) is 202 cm³/mol. The van der Waals surface area contributed by atoms with Gasteiger partial charge in [0.1, 0.15) is 41.9 Å². The summed E-state index contributed by atoms with van der Waals surface area (Å²) in [5.74, 6) is -0.150. The molecule has 0 bridgehead atoms. The second-order valence-corrected chi connectivity index (χ2v) is 17.1. The Labute approximate surface area is 322 Å². The number of anilines is 1. The summed E-state index contributed by atoms with van der Waals surface area (Å²) < 4.78 is 52.9. The van der Waals surface area contributed by atoms with Crippen molar-refractivity contribution >= 4 is 41.0 Å². The van der Waals surface area contributed by atoms with E-state index >= 15 is 0 Å². The zero-order valence-electron chi connectivity index (χ0n) is 30.1. The maximum atomic E-state index is 14.8. The molecule has 20 heteroatoms. The smallest absolute Gasteiger partial charge is 0.389 e. The number of nitrogens with two attached hydrogens (primary N) is 1. The lowest BCUT2D eigenvalue weighted by atomic mass is 10.1. The number of aryl methyl sites for hydroxylation is 1. The number of carbonyl (C=O) groups excluding carboxylic acids is 1. The highest BCUT2D eigenvalue weighted by atomic mass is 32.7. The molecule has 3 unspecified atom stereocenters. The number of benzene rings is 2. The Balaban J connectivity index is 1.09. The molecule has 2 aromatic carbocycles. The van der Waals surface area contributed by atoms with Gasteiger partial charge < -0.3 is 34.9 Å². The molecule has 0 aliphatic carbocycles. The van der Waals surface area contributed by atoms with Gasteiger partial charge >= 0.3 is 18.5 Å². The van der Waals surface area contributed by atoms with Crippen molar-refractivity contribution < 1.29 is 47.6 Å². The molecule has 0 amide bonds. The Morgan fingerprint density at radius 3 is 2.52 bits per heavy atom. The Morgan fingerprint density at radius 2 is 1.80 bits per heavy atom. The molecule has 296 valence electrons. The summed E-state index contributed by atoms with van der Waals surface area (Å²) in [4.78, 5) is 47.9. The van der Waals surface area contributed by atoms with E-state index in [1.54, 1.807) is 47.0 Å². The lowest BCUT2D eigenvalue weighted by Gasteiger charge is -2.28. The zero-order valence-corrected chi connectivity index (χ0v) is 31.8. The van der Waals surface area contributed by atoms with Crippen LogP contribution in [0.4, 0.5) is 5.69 Å². The third-order valence-electron chi connectivity index (χ3n) is 9.33. The summed E-state index contributed by atoms with van der Waals surface area (Å²) in [5.41, 5.74) is 8.05. The summed E-state index contributed by atoms with van der Waals surface area (Å²) >= 11 is 0.814. The largest absolute Gasteiger partial charge is 0.423 e. The summed E-state index contributed by atoms with van der Waals surface area (Å²) in [5, 5.41) is 21.3. The van der Waals surface area contributed by atoms with E-state index in [9.17, 15) is 29.2 Å². The summed E-state index contributed by atoms with van der Waals surface area (Å²) in [7, 11) is 1.32. The Kier molecular flexibility index (Phi) is 11.9. The molecule has 0 saturated carbocycles. The lowest BCUT2D eigenvalue weighted by Crippen LogP contribution is -2.39. The molecule has 2 fully saturated rings. The summed E-state index contributed by atoms with van der Waals surface area (Å²) in [6.07, 6.45) is -2.98. The van der Waals surface area contributed by atoms with Crippen LogP contribution >= 0.6 is 18.2 Å². The fraction of sp³-hybridized carbons (Fsp3) is 0.361. The quantitative estimate of drug-likeness (QED) is 0.0716. The number of aliphatic hydroxyl groups excluding tert-OH is 2. The van der Waals surface area contributed by atoms with Crippen molar-refractivity contribution in [2.45, 2.75) is 62.1 Å². The molecule has 56 heavy (non-hydrogen) atoms. The molecular weight excluding hydrogens is 771 g/mol. The zero-order chi connectivity index (χ0) is 39.6. The Morgan fingerprint density at radius 1 is 1.04 bits per heavy atom. The average molecular weight is 811 g/mol. The number of aromatic nitrogens is 5. The van der Waals surface area contributed by atoms with Gasteiger partial charge in [-0.1, -0.05) is 29.8 Å². The van der Waals surface area contributed by atoms with Crippen molar-refractivity contribution in [3.63, 3.8) is 0 Å². The number of fused-ring (bicyclic) bond motifs is 1. The van der Waals surface area contributed by atoms with Crippen LogP contribution in [0.2, 0.25) is 0 Å². The first-order valence-electron chi connectivity index (χ1n) is 17.4. The standard InChI is InChI=1S/C36H39N6O12PS/c1-20-3-7-22(8-4-20)35(46)51-23-9-5-21(6-10-23)18-56-55(48,54-31-26(16-43)53-34(32(31)49-2)41-14-12-28(45)40-36(41)47)50-17-27-25(44)15-29(52-27)42-19-39-30-24(37)11-13-38-33(30)42/h3-14,19,25-27,29,31-32,34,43-44H,15-18H2,1-2H3,(H2,37,38)(H,40,45,47)/t25?,26-,27-,29-,31?,32+,34-,55?/m1/s1.